The molecular formula is C20H18Na4O11P2. The molecule has 37 heavy (non-hydrogen) atoms. The fraction of sp³-hybridized carbons (Fsp3) is 0.0500. The molecule has 0 aliphatic carbocycles. The molecule has 3 aromatic carbocycles. The van der Waals surface area contributed by atoms with Crippen molar-refractivity contribution in [1.82, 2.24) is 0 Å². The van der Waals surface area contributed by atoms with Crippen molar-refractivity contribution in [2.24, 2.45) is 0 Å². The maximum absolute atomic E-state index is 12.7. The Balaban J connectivity index is 0. The van der Waals surface area contributed by atoms with Gasteiger partial charge in [-0.3, -0.25) is 19.6 Å². The zero-order valence-corrected chi connectivity index (χ0v) is 30.3. The first kappa shape index (κ1) is 40.1. The van der Waals surface area contributed by atoms with Crippen LogP contribution in [-0.4, -0.2) is 149 Å². The predicted molar refractivity (Wildman–Crippen MR) is 137 cm³/mol. The fourth-order valence-corrected chi connectivity index (χ4v) is 4.38. The Bertz CT molecular complexity index is 1210. The molecule has 4 radical (unpaired) electrons. The van der Waals surface area contributed by atoms with E-state index in [4.69, 9.17) is 24.3 Å². The minimum atomic E-state index is -4.75. The van der Waals surface area contributed by atoms with Gasteiger partial charge in [-0.1, -0.05) is 42.5 Å². The number of esters is 1. The Morgan fingerprint density at radius 1 is 0.649 bits per heavy atom. The number of phosphoric acid groups is 2. The summed E-state index contributed by atoms with van der Waals surface area (Å²) in [4.78, 5) is 48.7. The number of cyclic esters (lactones) is 1. The summed E-state index contributed by atoms with van der Waals surface area (Å²) in [6, 6.07) is 18.0. The summed E-state index contributed by atoms with van der Waals surface area (Å²) in [6.45, 7) is 0. The second-order valence-electron chi connectivity index (χ2n) is 6.83. The first-order valence-corrected chi connectivity index (χ1v) is 12.1. The molecule has 0 saturated carbocycles. The van der Waals surface area contributed by atoms with Crippen molar-refractivity contribution in [2.75, 3.05) is 0 Å². The maximum atomic E-state index is 12.7. The molecule has 178 valence electrons. The van der Waals surface area contributed by atoms with E-state index in [1.807, 2.05) is 0 Å². The summed E-state index contributed by atoms with van der Waals surface area (Å²) < 4.78 is 37.2. The summed E-state index contributed by atoms with van der Waals surface area (Å²) in [7, 11) is -9.50. The number of hydrogen-bond acceptors (Lipinski definition) is 6. The molecule has 17 heteroatoms. The molecular weight excluding hydrogens is 570 g/mol. The van der Waals surface area contributed by atoms with Crippen LogP contribution in [0, 0.1) is 0 Å². The van der Waals surface area contributed by atoms with Crippen LogP contribution in [0.3, 0.4) is 0 Å². The van der Waals surface area contributed by atoms with Gasteiger partial charge in [-0.05, 0) is 30.3 Å². The molecule has 11 nitrogen and oxygen atoms in total. The van der Waals surface area contributed by atoms with Crippen LogP contribution in [-0.2, 0) is 19.5 Å². The summed E-state index contributed by atoms with van der Waals surface area (Å²) in [6.07, 6.45) is 0. The first-order chi connectivity index (χ1) is 15.0. The minimum absolute atomic E-state index is 0. The predicted octanol–water partition coefficient (Wildman–Crippen LogP) is 0.744. The topological polar surface area (TPSA) is 191 Å². The van der Waals surface area contributed by atoms with E-state index in [0.717, 1.165) is 0 Å². The van der Waals surface area contributed by atoms with E-state index in [9.17, 15) is 13.9 Å². The molecule has 1 aliphatic heterocycles. The van der Waals surface area contributed by atoms with Crippen molar-refractivity contribution in [3.63, 3.8) is 0 Å². The van der Waals surface area contributed by atoms with E-state index in [0.29, 0.717) is 22.3 Å². The number of carbonyl (C=O) groups excluding carboxylic acids is 1. The van der Waals surface area contributed by atoms with Crippen molar-refractivity contribution in [3.8, 4) is 11.5 Å². The van der Waals surface area contributed by atoms with Crippen LogP contribution in [0.1, 0.15) is 27.0 Å². The van der Waals surface area contributed by atoms with Crippen molar-refractivity contribution >= 4 is 140 Å². The van der Waals surface area contributed by atoms with Gasteiger partial charge in [0.2, 0.25) is 0 Å². The summed E-state index contributed by atoms with van der Waals surface area (Å²) in [5.74, 6) is -0.743. The SMILES string of the molecule is O.O=C1OC(c2ccc(OP(=O)(O)O)cc2)(c2ccc(OP(=O)(O)O)cc2)c2ccccc21.[Na].[Na].[Na].[Na]. The van der Waals surface area contributed by atoms with Crippen LogP contribution in [0.2, 0.25) is 0 Å². The zero-order valence-electron chi connectivity index (χ0n) is 20.6. The van der Waals surface area contributed by atoms with Gasteiger partial charge < -0.3 is 19.3 Å². The molecule has 0 amide bonds. The van der Waals surface area contributed by atoms with Gasteiger partial charge in [0, 0.05) is 135 Å². The molecule has 1 aliphatic rings. The van der Waals surface area contributed by atoms with Gasteiger partial charge in [-0.15, -0.1) is 0 Å². The molecule has 4 rings (SSSR count). The zero-order chi connectivity index (χ0) is 23.1. The summed E-state index contributed by atoms with van der Waals surface area (Å²) in [5, 5.41) is 0. The van der Waals surface area contributed by atoms with Crippen molar-refractivity contribution in [1.29, 1.82) is 0 Å². The fourth-order valence-electron chi connectivity index (χ4n) is 3.59. The third-order valence-corrected chi connectivity index (χ3v) is 5.64. The number of benzene rings is 3. The van der Waals surface area contributed by atoms with Crippen molar-refractivity contribution in [2.45, 2.75) is 5.60 Å². The Labute approximate surface area is 300 Å². The molecule has 1 heterocycles. The van der Waals surface area contributed by atoms with E-state index in [1.54, 1.807) is 24.3 Å². The number of ether oxygens (including phenoxy) is 1. The molecule has 0 aromatic heterocycles. The number of rotatable bonds is 6. The van der Waals surface area contributed by atoms with Crippen LogP contribution < -0.4 is 9.05 Å². The van der Waals surface area contributed by atoms with Gasteiger partial charge in [0.25, 0.3) is 0 Å². The second kappa shape index (κ2) is 15.8. The number of carbonyl (C=O) groups is 1. The van der Waals surface area contributed by atoms with Gasteiger partial charge in [-0.25, -0.2) is 13.9 Å². The van der Waals surface area contributed by atoms with Gasteiger partial charge in [-0.2, -0.15) is 0 Å². The number of hydrogen-bond donors (Lipinski definition) is 4. The molecule has 0 fully saturated rings. The smallest absolute Gasteiger partial charge is 0.441 e. The molecule has 0 bridgehead atoms. The third kappa shape index (κ3) is 9.51. The normalized spacial score (nSPS) is 13.0. The Morgan fingerprint density at radius 2 is 1.03 bits per heavy atom. The van der Waals surface area contributed by atoms with Crippen LogP contribution in [0.5, 0.6) is 11.5 Å². The summed E-state index contributed by atoms with van der Waals surface area (Å²) >= 11 is 0. The molecule has 0 atom stereocenters. The second-order valence-corrected chi connectivity index (χ2v) is 9.16. The first-order valence-electron chi connectivity index (χ1n) is 9.02. The van der Waals surface area contributed by atoms with Crippen molar-refractivity contribution < 1.29 is 52.8 Å². The Kier molecular flexibility index (Phi) is 17.2. The number of fused-ring (bicyclic) bond motifs is 1. The monoisotopic (exact) mass is 588 g/mol. The van der Waals surface area contributed by atoms with E-state index in [2.05, 4.69) is 9.05 Å². The maximum Gasteiger partial charge on any atom is 0.524 e. The largest absolute Gasteiger partial charge is 0.524 e. The van der Waals surface area contributed by atoms with Gasteiger partial charge in [0.1, 0.15) is 11.5 Å². The third-order valence-electron chi connectivity index (χ3n) is 4.74. The Hall–Kier alpha value is 0.990. The number of phosphoric ester groups is 2. The Morgan fingerprint density at radius 3 is 1.41 bits per heavy atom. The van der Waals surface area contributed by atoms with E-state index in [-0.39, 0.29) is 135 Å². The van der Waals surface area contributed by atoms with Gasteiger partial charge in [0.15, 0.2) is 5.60 Å². The van der Waals surface area contributed by atoms with Gasteiger partial charge in [0.05, 0.1) is 5.56 Å². The summed E-state index contributed by atoms with van der Waals surface area (Å²) in [5.41, 5.74) is 0.348. The average molecular weight is 588 g/mol. The van der Waals surface area contributed by atoms with E-state index >= 15 is 0 Å². The van der Waals surface area contributed by atoms with Crippen LogP contribution >= 0.6 is 15.6 Å². The van der Waals surface area contributed by atoms with E-state index < -0.39 is 27.2 Å². The quantitative estimate of drug-likeness (QED) is 0.182. The van der Waals surface area contributed by atoms with Crippen LogP contribution in [0.4, 0.5) is 0 Å². The molecule has 0 spiro atoms. The van der Waals surface area contributed by atoms with E-state index in [1.165, 1.54) is 48.5 Å². The average Bonchev–Trinajstić information content (AvgIpc) is 3.01. The molecule has 3 aromatic rings. The molecule has 0 saturated heterocycles. The molecule has 6 N–H and O–H groups in total. The van der Waals surface area contributed by atoms with Gasteiger partial charge >= 0.3 is 21.6 Å². The van der Waals surface area contributed by atoms with Crippen molar-refractivity contribution in [3.05, 3.63) is 95.1 Å². The van der Waals surface area contributed by atoms with Crippen LogP contribution in [0.15, 0.2) is 72.8 Å². The molecule has 0 unspecified atom stereocenters. The minimum Gasteiger partial charge on any atom is -0.441 e. The van der Waals surface area contributed by atoms with Crippen LogP contribution in [0.25, 0.3) is 0 Å². The standard InChI is InChI=1S/C20H16O10P2.4Na.H2O/c21-19-17-3-1-2-4-18(17)20(28-19,13-5-9-15(10-6-13)29-31(22,23)24)14-7-11-16(12-8-14)30-32(25,26)27;;;;;/h1-12H,(H2,22,23,24)(H2,25,26,27);;;;;1H2.